The predicted molar refractivity (Wildman–Crippen MR) is 58.0 cm³/mol. The number of ether oxygens (including phenoxy) is 1. The topological polar surface area (TPSA) is 64.3 Å². The van der Waals surface area contributed by atoms with Gasteiger partial charge in [0.15, 0.2) is 0 Å². The summed E-state index contributed by atoms with van der Waals surface area (Å²) in [6.07, 6.45) is 1.98. The van der Waals surface area contributed by atoms with Crippen LogP contribution in [0.1, 0.15) is 25.3 Å². The Morgan fingerprint density at radius 1 is 1.69 bits per heavy atom. The van der Waals surface area contributed by atoms with Crippen molar-refractivity contribution in [3.63, 3.8) is 0 Å². The van der Waals surface area contributed by atoms with E-state index in [0.29, 0.717) is 5.69 Å². The van der Waals surface area contributed by atoms with Crippen LogP contribution >= 0.6 is 0 Å². The second kappa shape index (κ2) is 4.35. The van der Waals surface area contributed by atoms with Crippen molar-refractivity contribution in [2.45, 2.75) is 32.6 Å². The Hall–Kier alpha value is -1.20. The molecule has 0 aromatic carbocycles. The minimum absolute atomic E-state index is 0.00508. The third-order valence-corrected chi connectivity index (χ3v) is 2.90. The molecule has 0 radical (unpaired) electrons. The monoisotopic (exact) mass is 224 g/mol. The smallest absolute Gasteiger partial charge is 0.349 e. The minimum Gasteiger partial charge on any atom is -0.394 e. The highest BCUT2D eigenvalue weighted by molar-refractivity contribution is 4.97. The second-order valence-corrected chi connectivity index (χ2v) is 4.30. The lowest BCUT2D eigenvalue weighted by Crippen LogP contribution is -2.29. The lowest BCUT2D eigenvalue weighted by Gasteiger charge is -2.17. The number of aryl methyl sites for hydroxylation is 1. The first-order valence-corrected chi connectivity index (χ1v) is 5.44. The van der Waals surface area contributed by atoms with Gasteiger partial charge in [-0.15, -0.1) is 0 Å². The molecule has 1 aromatic rings. The number of hydrogen-bond acceptors (Lipinski definition) is 4. The van der Waals surface area contributed by atoms with Gasteiger partial charge >= 0.3 is 5.69 Å². The van der Waals surface area contributed by atoms with Crippen molar-refractivity contribution in [3.05, 3.63) is 28.4 Å². The fraction of sp³-hybridized carbons (Fsp3) is 0.636. The maximum atomic E-state index is 11.7. The van der Waals surface area contributed by atoms with Gasteiger partial charge in [-0.05, 0) is 19.4 Å². The Morgan fingerprint density at radius 3 is 3.00 bits per heavy atom. The molecule has 16 heavy (non-hydrogen) atoms. The van der Waals surface area contributed by atoms with E-state index in [1.807, 2.05) is 6.92 Å². The summed E-state index contributed by atoms with van der Waals surface area (Å²) in [5.41, 5.74) is 0.404. The van der Waals surface area contributed by atoms with Gasteiger partial charge in [0.05, 0.1) is 12.7 Å². The summed E-state index contributed by atoms with van der Waals surface area (Å²) >= 11 is 0. The van der Waals surface area contributed by atoms with Crippen molar-refractivity contribution in [1.82, 2.24) is 9.55 Å². The van der Waals surface area contributed by atoms with Crippen LogP contribution in [0.3, 0.4) is 0 Å². The molecular formula is C11H16N2O3. The van der Waals surface area contributed by atoms with Gasteiger partial charge in [-0.1, -0.05) is 6.92 Å². The molecule has 5 heteroatoms. The molecule has 1 aliphatic heterocycles. The first-order valence-electron chi connectivity index (χ1n) is 5.44. The molecule has 0 amide bonds. The third kappa shape index (κ3) is 2.01. The molecule has 2 rings (SSSR count). The van der Waals surface area contributed by atoms with E-state index in [1.165, 1.54) is 4.57 Å². The van der Waals surface area contributed by atoms with Crippen LogP contribution in [0, 0.1) is 12.8 Å². The Morgan fingerprint density at radius 2 is 2.44 bits per heavy atom. The Kier molecular flexibility index (Phi) is 3.07. The summed E-state index contributed by atoms with van der Waals surface area (Å²) in [5, 5.41) is 9.03. The molecular weight excluding hydrogens is 208 g/mol. The van der Waals surface area contributed by atoms with Gasteiger partial charge in [0.25, 0.3) is 0 Å². The first kappa shape index (κ1) is 11.3. The molecule has 1 saturated heterocycles. The van der Waals surface area contributed by atoms with E-state index in [9.17, 15) is 4.79 Å². The van der Waals surface area contributed by atoms with Crippen LogP contribution < -0.4 is 5.69 Å². The Bertz CT molecular complexity index is 429. The molecule has 0 saturated carbocycles. The average Bonchev–Trinajstić information content (AvgIpc) is 2.60. The van der Waals surface area contributed by atoms with Crippen LogP contribution in [-0.4, -0.2) is 27.4 Å². The molecule has 0 bridgehead atoms. The van der Waals surface area contributed by atoms with E-state index in [2.05, 4.69) is 4.98 Å². The molecule has 3 atom stereocenters. The molecule has 88 valence electrons. The van der Waals surface area contributed by atoms with Gasteiger partial charge < -0.3 is 9.84 Å². The molecule has 0 unspecified atom stereocenters. The van der Waals surface area contributed by atoms with Crippen LogP contribution in [-0.2, 0) is 4.74 Å². The van der Waals surface area contributed by atoms with Crippen LogP contribution in [0.25, 0.3) is 0 Å². The molecule has 1 N–H and O–H groups in total. The third-order valence-electron chi connectivity index (χ3n) is 2.90. The summed E-state index contributed by atoms with van der Waals surface area (Å²) in [4.78, 5) is 15.5. The number of aliphatic hydroxyl groups is 1. The zero-order valence-electron chi connectivity index (χ0n) is 9.46. The number of hydrogen-bond donors (Lipinski definition) is 1. The summed E-state index contributed by atoms with van der Waals surface area (Å²) in [5.74, 6) is 0.208. The molecule has 1 fully saturated rings. The fourth-order valence-corrected chi connectivity index (χ4v) is 2.07. The maximum Gasteiger partial charge on any atom is 0.349 e. The van der Waals surface area contributed by atoms with E-state index in [0.717, 1.165) is 6.42 Å². The Balaban J connectivity index is 2.28. The van der Waals surface area contributed by atoms with Gasteiger partial charge in [0.1, 0.15) is 6.23 Å². The zero-order valence-corrected chi connectivity index (χ0v) is 9.46. The van der Waals surface area contributed by atoms with Crippen molar-refractivity contribution >= 4 is 0 Å². The van der Waals surface area contributed by atoms with Gasteiger partial charge in [0, 0.05) is 17.8 Å². The van der Waals surface area contributed by atoms with E-state index in [1.54, 1.807) is 19.2 Å². The molecule has 1 aromatic heterocycles. The van der Waals surface area contributed by atoms with E-state index < -0.39 is 0 Å². The highest BCUT2D eigenvalue weighted by Gasteiger charge is 2.33. The minimum atomic E-state index is -0.308. The van der Waals surface area contributed by atoms with E-state index in [4.69, 9.17) is 9.84 Å². The largest absolute Gasteiger partial charge is 0.394 e. The molecule has 5 nitrogen and oxygen atoms in total. The molecule has 0 spiro atoms. The van der Waals surface area contributed by atoms with Gasteiger partial charge in [0.2, 0.25) is 0 Å². The average molecular weight is 224 g/mol. The van der Waals surface area contributed by atoms with Crippen LogP contribution in [0.2, 0.25) is 0 Å². The van der Waals surface area contributed by atoms with Crippen LogP contribution in [0.4, 0.5) is 0 Å². The lowest BCUT2D eigenvalue weighted by atomic mass is 10.1. The number of aliphatic hydroxyl groups excluding tert-OH is 1. The van der Waals surface area contributed by atoms with Crippen molar-refractivity contribution in [2.24, 2.45) is 5.92 Å². The van der Waals surface area contributed by atoms with E-state index >= 15 is 0 Å². The highest BCUT2D eigenvalue weighted by atomic mass is 16.5. The zero-order chi connectivity index (χ0) is 11.7. The lowest BCUT2D eigenvalue weighted by molar-refractivity contribution is -0.0336. The second-order valence-electron chi connectivity index (χ2n) is 4.30. The first-order chi connectivity index (χ1) is 7.61. The summed E-state index contributed by atoms with van der Waals surface area (Å²) in [6.45, 7) is 3.78. The fourth-order valence-electron chi connectivity index (χ4n) is 2.07. The number of rotatable bonds is 2. The van der Waals surface area contributed by atoms with Crippen molar-refractivity contribution in [1.29, 1.82) is 0 Å². The summed E-state index contributed by atoms with van der Waals surface area (Å²) in [6, 6.07) is 1.78. The van der Waals surface area contributed by atoms with Gasteiger partial charge in [-0.2, -0.15) is 4.98 Å². The SMILES string of the molecule is Cc1ccn([C@@H]2O[C@H](CO)C[C@@H]2C)c(=O)n1. The van der Waals surface area contributed by atoms with Crippen molar-refractivity contribution in [2.75, 3.05) is 6.61 Å². The quantitative estimate of drug-likeness (QED) is 0.793. The molecule has 1 aliphatic rings. The van der Waals surface area contributed by atoms with Crippen LogP contribution in [0.5, 0.6) is 0 Å². The standard InChI is InChI=1S/C11H16N2O3/c1-7-5-9(6-14)16-10(7)13-4-3-8(2)12-11(13)15/h3-4,7,9-10,14H,5-6H2,1-2H3/t7-,9-,10+/m0/s1. The summed E-state index contributed by atoms with van der Waals surface area (Å²) in [7, 11) is 0. The van der Waals surface area contributed by atoms with Gasteiger partial charge in [-0.3, -0.25) is 4.57 Å². The summed E-state index contributed by atoms with van der Waals surface area (Å²) < 4.78 is 7.10. The number of nitrogens with zero attached hydrogens (tertiary/aromatic N) is 2. The number of aromatic nitrogens is 2. The molecule has 2 heterocycles. The van der Waals surface area contributed by atoms with Crippen molar-refractivity contribution in [3.8, 4) is 0 Å². The van der Waals surface area contributed by atoms with Crippen molar-refractivity contribution < 1.29 is 9.84 Å². The maximum absolute atomic E-state index is 11.7. The normalized spacial score (nSPS) is 29.6. The Labute approximate surface area is 93.7 Å². The highest BCUT2D eigenvalue weighted by Crippen LogP contribution is 2.32. The van der Waals surface area contributed by atoms with E-state index in [-0.39, 0.29) is 30.5 Å². The van der Waals surface area contributed by atoms with Gasteiger partial charge in [-0.25, -0.2) is 4.79 Å². The van der Waals surface area contributed by atoms with Crippen LogP contribution in [0.15, 0.2) is 17.1 Å². The predicted octanol–water partition coefficient (Wildman–Crippen LogP) is 0.468. The molecule has 0 aliphatic carbocycles.